The van der Waals surface area contributed by atoms with Crippen molar-refractivity contribution in [3.05, 3.63) is 29.3 Å². The van der Waals surface area contributed by atoms with Gasteiger partial charge >= 0.3 is 6.18 Å². The molecule has 0 aliphatic carbocycles. The molecule has 0 atom stereocenters. The van der Waals surface area contributed by atoms with Crippen molar-refractivity contribution in [3.8, 4) is 0 Å². The first-order valence-corrected chi connectivity index (χ1v) is 6.95. The number of hydrogen-bond acceptors (Lipinski definition) is 2. The molecule has 112 valence electrons. The van der Waals surface area contributed by atoms with Crippen molar-refractivity contribution in [3.63, 3.8) is 0 Å². The lowest BCUT2D eigenvalue weighted by Gasteiger charge is -2.17. The van der Waals surface area contributed by atoms with Gasteiger partial charge in [-0.1, -0.05) is 38.9 Å². The molecule has 0 aliphatic heterocycles. The number of rotatable bonds is 6. The van der Waals surface area contributed by atoms with E-state index in [1.54, 1.807) is 6.07 Å². The Labute approximate surface area is 122 Å². The zero-order valence-electron chi connectivity index (χ0n) is 11.6. The van der Waals surface area contributed by atoms with Crippen molar-refractivity contribution in [1.82, 2.24) is 0 Å². The van der Waals surface area contributed by atoms with Crippen molar-refractivity contribution < 1.29 is 13.2 Å². The largest absolute Gasteiger partial charge is 0.417 e. The monoisotopic (exact) mass is 304 g/mol. The molecule has 0 radical (unpaired) electrons. The van der Waals surface area contributed by atoms with Crippen molar-refractivity contribution in [2.75, 3.05) is 11.9 Å². The van der Waals surface area contributed by atoms with Gasteiger partial charge in [0.1, 0.15) is 4.99 Å². The van der Waals surface area contributed by atoms with Crippen LogP contribution in [0.1, 0.15) is 37.8 Å². The van der Waals surface area contributed by atoms with E-state index in [4.69, 9.17) is 5.73 Å². The third kappa shape index (κ3) is 4.37. The molecule has 0 aromatic heterocycles. The summed E-state index contributed by atoms with van der Waals surface area (Å²) in [4.78, 5) is -0.246. The highest BCUT2D eigenvalue weighted by molar-refractivity contribution is 7.80. The maximum Gasteiger partial charge on any atom is 0.417 e. The third-order valence-electron chi connectivity index (χ3n) is 3.34. The standard InChI is InChI=1S/C14H19F3N2S/c1-3-9(4-2)8-19-10-5-6-11(13(18)20)12(7-10)14(15,16)17/h5-7,9,19H,3-4,8H2,1-2H3,(H2,18,20). The number of thiocarbonyl (C=S) groups is 1. The van der Waals surface area contributed by atoms with Crippen molar-refractivity contribution >= 4 is 22.9 Å². The molecular formula is C14H19F3N2S. The van der Waals surface area contributed by atoms with Gasteiger partial charge in [0.05, 0.1) is 5.56 Å². The number of benzene rings is 1. The number of nitrogens with one attached hydrogen (secondary N) is 1. The first-order valence-electron chi connectivity index (χ1n) is 6.54. The Morgan fingerprint density at radius 3 is 2.35 bits per heavy atom. The van der Waals surface area contributed by atoms with Gasteiger partial charge in [0.2, 0.25) is 0 Å². The summed E-state index contributed by atoms with van der Waals surface area (Å²) in [6.45, 7) is 4.77. The van der Waals surface area contributed by atoms with E-state index in [9.17, 15) is 13.2 Å². The molecule has 0 fully saturated rings. The Kier molecular flexibility index (Phi) is 5.80. The lowest BCUT2D eigenvalue weighted by atomic mass is 10.0. The highest BCUT2D eigenvalue weighted by Gasteiger charge is 2.34. The van der Waals surface area contributed by atoms with Crippen LogP contribution >= 0.6 is 12.2 Å². The van der Waals surface area contributed by atoms with Crippen LogP contribution in [0.5, 0.6) is 0 Å². The third-order valence-corrected chi connectivity index (χ3v) is 3.56. The minimum Gasteiger partial charge on any atom is -0.389 e. The smallest absolute Gasteiger partial charge is 0.389 e. The van der Waals surface area contributed by atoms with Crippen LogP contribution in [0.25, 0.3) is 0 Å². The second kappa shape index (κ2) is 6.92. The zero-order chi connectivity index (χ0) is 15.3. The van der Waals surface area contributed by atoms with Gasteiger partial charge in [-0.3, -0.25) is 0 Å². The van der Waals surface area contributed by atoms with Gasteiger partial charge in [-0.25, -0.2) is 0 Å². The molecular weight excluding hydrogens is 285 g/mol. The van der Waals surface area contributed by atoms with Crippen LogP contribution in [0.15, 0.2) is 18.2 Å². The average molecular weight is 304 g/mol. The molecule has 0 unspecified atom stereocenters. The number of nitrogens with two attached hydrogens (primary N) is 1. The van der Waals surface area contributed by atoms with Crippen molar-refractivity contribution in [1.29, 1.82) is 0 Å². The Hall–Kier alpha value is -1.30. The maximum atomic E-state index is 13.0. The molecule has 6 heteroatoms. The van der Waals surface area contributed by atoms with Crippen molar-refractivity contribution in [2.45, 2.75) is 32.9 Å². The SMILES string of the molecule is CCC(CC)CNc1ccc(C(N)=S)c(C(F)(F)F)c1. The molecule has 0 saturated heterocycles. The summed E-state index contributed by atoms with van der Waals surface area (Å²) in [6, 6.07) is 3.96. The van der Waals surface area contributed by atoms with Gasteiger partial charge in [0.25, 0.3) is 0 Å². The number of halogens is 3. The van der Waals surface area contributed by atoms with E-state index >= 15 is 0 Å². The number of hydrogen-bond donors (Lipinski definition) is 2. The molecule has 2 nitrogen and oxygen atoms in total. The molecule has 0 bridgehead atoms. The summed E-state index contributed by atoms with van der Waals surface area (Å²) in [7, 11) is 0. The topological polar surface area (TPSA) is 38.0 Å². The Bertz CT molecular complexity index is 468. The van der Waals surface area contributed by atoms with E-state index in [0.29, 0.717) is 18.2 Å². The molecule has 1 aromatic rings. The molecule has 0 aliphatic rings. The summed E-state index contributed by atoms with van der Waals surface area (Å²) in [5.41, 5.74) is 4.84. The summed E-state index contributed by atoms with van der Waals surface area (Å²) in [5.74, 6) is 0.444. The number of alkyl halides is 3. The molecule has 0 spiro atoms. The molecule has 1 rings (SSSR count). The normalized spacial score (nSPS) is 11.7. The van der Waals surface area contributed by atoms with Crippen LogP contribution in [0.4, 0.5) is 18.9 Å². The van der Waals surface area contributed by atoms with E-state index in [2.05, 4.69) is 31.4 Å². The first-order chi connectivity index (χ1) is 9.29. The Balaban J connectivity index is 2.98. The molecule has 3 N–H and O–H groups in total. The summed E-state index contributed by atoms with van der Waals surface area (Å²) < 4.78 is 38.9. The highest BCUT2D eigenvalue weighted by Crippen LogP contribution is 2.34. The van der Waals surface area contributed by atoms with Gasteiger partial charge in [0.15, 0.2) is 0 Å². The zero-order valence-corrected chi connectivity index (χ0v) is 12.4. The van der Waals surface area contributed by atoms with Crippen LogP contribution in [0.3, 0.4) is 0 Å². The van der Waals surface area contributed by atoms with E-state index in [1.165, 1.54) is 6.07 Å². The fourth-order valence-electron chi connectivity index (χ4n) is 1.94. The average Bonchev–Trinajstić information content (AvgIpc) is 2.38. The van der Waals surface area contributed by atoms with Gasteiger partial charge in [0, 0.05) is 17.8 Å². The van der Waals surface area contributed by atoms with E-state index in [-0.39, 0.29) is 10.6 Å². The molecule has 0 amide bonds. The van der Waals surface area contributed by atoms with Crippen LogP contribution in [0, 0.1) is 5.92 Å². The predicted molar refractivity (Wildman–Crippen MR) is 79.9 cm³/mol. The molecule has 0 saturated carbocycles. The summed E-state index contributed by atoms with van der Waals surface area (Å²) in [6.07, 6.45) is -2.49. The second-order valence-electron chi connectivity index (χ2n) is 4.69. The van der Waals surface area contributed by atoms with E-state index in [1.807, 2.05) is 0 Å². The summed E-state index contributed by atoms with van der Waals surface area (Å²) in [5, 5.41) is 3.04. The Morgan fingerprint density at radius 2 is 1.90 bits per heavy atom. The summed E-state index contributed by atoms with van der Waals surface area (Å²) >= 11 is 4.66. The molecule has 0 heterocycles. The minimum absolute atomic E-state index is 0.138. The highest BCUT2D eigenvalue weighted by atomic mass is 32.1. The van der Waals surface area contributed by atoms with Crippen LogP contribution in [-0.4, -0.2) is 11.5 Å². The Morgan fingerprint density at radius 1 is 1.30 bits per heavy atom. The fraction of sp³-hybridized carbons (Fsp3) is 0.500. The quantitative estimate of drug-likeness (QED) is 0.774. The fourth-order valence-corrected chi connectivity index (χ4v) is 2.12. The molecule has 1 aromatic carbocycles. The molecule has 20 heavy (non-hydrogen) atoms. The predicted octanol–water partition coefficient (Wildman–Crippen LogP) is 4.19. The van der Waals surface area contributed by atoms with E-state index < -0.39 is 11.7 Å². The first kappa shape index (κ1) is 16.8. The van der Waals surface area contributed by atoms with Crippen LogP contribution < -0.4 is 11.1 Å². The number of anilines is 1. The second-order valence-corrected chi connectivity index (χ2v) is 5.13. The lowest BCUT2D eigenvalue weighted by molar-refractivity contribution is -0.137. The van der Waals surface area contributed by atoms with Crippen LogP contribution in [0.2, 0.25) is 0 Å². The van der Waals surface area contributed by atoms with Crippen molar-refractivity contribution in [2.24, 2.45) is 11.7 Å². The van der Waals surface area contributed by atoms with Crippen LogP contribution in [-0.2, 0) is 6.18 Å². The van der Waals surface area contributed by atoms with Gasteiger partial charge in [-0.15, -0.1) is 0 Å². The minimum atomic E-state index is -4.47. The lowest BCUT2D eigenvalue weighted by Crippen LogP contribution is -2.19. The maximum absolute atomic E-state index is 13.0. The van der Waals surface area contributed by atoms with E-state index in [0.717, 1.165) is 18.9 Å². The van der Waals surface area contributed by atoms with Gasteiger partial charge in [-0.05, 0) is 24.1 Å². The van der Waals surface area contributed by atoms with Gasteiger partial charge in [-0.2, -0.15) is 13.2 Å². The van der Waals surface area contributed by atoms with Gasteiger partial charge < -0.3 is 11.1 Å².